The van der Waals surface area contributed by atoms with Crippen molar-refractivity contribution in [3.8, 4) is 0 Å². The largest absolute Gasteiger partial charge is 0.368 e. The molecular weight excluding hydrogens is 378 g/mol. The Kier molecular flexibility index (Phi) is 5.08. The van der Waals surface area contributed by atoms with Gasteiger partial charge in [0.1, 0.15) is 0 Å². The van der Waals surface area contributed by atoms with E-state index in [-0.39, 0.29) is 6.03 Å². The van der Waals surface area contributed by atoms with E-state index in [9.17, 15) is 4.79 Å². The van der Waals surface area contributed by atoms with Gasteiger partial charge in [0.15, 0.2) is 0 Å². The van der Waals surface area contributed by atoms with Gasteiger partial charge >= 0.3 is 6.03 Å². The highest BCUT2D eigenvalue weighted by molar-refractivity contribution is 9.10. The minimum absolute atomic E-state index is 0.0624. The molecule has 23 heavy (non-hydrogen) atoms. The number of nitrogens with zero attached hydrogens (tertiary/aromatic N) is 2. The van der Waals surface area contributed by atoms with Gasteiger partial charge in [-0.15, -0.1) is 0 Å². The summed E-state index contributed by atoms with van der Waals surface area (Å²) >= 11 is 9.36. The van der Waals surface area contributed by atoms with Crippen molar-refractivity contribution in [3.63, 3.8) is 0 Å². The van der Waals surface area contributed by atoms with Gasteiger partial charge < -0.3 is 15.1 Å². The lowest BCUT2D eigenvalue weighted by Gasteiger charge is -2.36. The third kappa shape index (κ3) is 3.98. The van der Waals surface area contributed by atoms with Crippen molar-refractivity contribution in [3.05, 3.63) is 58.0 Å². The molecule has 0 unspecified atom stereocenters. The number of anilines is 2. The standard InChI is InChI=1S/C17H17BrClN3O/c18-15-3-1-2-4-16(15)20-17(23)22-11-9-21(10-12-22)14-7-5-13(19)6-8-14/h1-8H,9-12H2,(H,20,23). The van der Waals surface area contributed by atoms with E-state index in [1.165, 1.54) is 0 Å². The zero-order valence-electron chi connectivity index (χ0n) is 12.5. The highest BCUT2D eigenvalue weighted by atomic mass is 79.9. The number of hydrogen-bond acceptors (Lipinski definition) is 2. The summed E-state index contributed by atoms with van der Waals surface area (Å²) < 4.78 is 0.883. The minimum atomic E-state index is -0.0624. The topological polar surface area (TPSA) is 35.6 Å². The van der Waals surface area contributed by atoms with Crippen LogP contribution in [0, 0.1) is 0 Å². The van der Waals surface area contributed by atoms with Crippen LogP contribution in [-0.2, 0) is 0 Å². The Hall–Kier alpha value is -1.72. The Labute approximate surface area is 149 Å². The second-order valence-electron chi connectivity index (χ2n) is 5.36. The van der Waals surface area contributed by atoms with Gasteiger partial charge in [-0.25, -0.2) is 4.79 Å². The molecule has 6 heteroatoms. The van der Waals surface area contributed by atoms with Crippen LogP contribution in [0.25, 0.3) is 0 Å². The first-order valence-electron chi connectivity index (χ1n) is 7.44. The Balaban J connectivity index is 1.57. The van der Waals surface area contributed by atoms with Gasteiger partial charge in [-0.05, 0) is 52.3 Å². The van der Waals surface area contributed by atoms with E-state index in [0.717, 1.165) is 34.0 Å². The summed E-state index contributed by atoms with van der Waals surface area (Å²) in [6.07, 6.45) is 0. The van der Waals surface area contributed by atoms with Crippen molar-refractivity contribution in [1.29, 1.82) is 0 Å². The molecule has 0 saturated carbocycles. The quantitative estimate of drug-likeness (QED) is 0.816. The first kappa shape index (κ1) is 16.1. The Bertz CT molecular complexity index is 684. The molecule has 0 radical (unpaired) electrons. The lowest BCUT2D eigenvalue weighted by Crippen LogP contribution is -2.50. The summed E-state index contributed by atoms with van der Waals surface area (Å²) in [4.78, 5) is 16.5. The van der Waals surface area contributed by atoms with Gasteiger partial charge in [-0.3, -0.25) is 0 Å². The first-order chi connectivity index (χ1) is 11.1. The molecule has 1 aliphatic heterocycles. The third-order valence-electron chi connectivity index (χ3n) is 3.87. The second kappa shape index (κ2) is 7.23. The number of urea groups is 1. The molecule has 0 spiro atoms. The molecule has 0 aliphatic carbocycles. The van der Waals surface area contributed by atoms with Crippen molar-refractivity contribution in [1.82, 2.24) is 4.90 Å². The predicted octanol–water partition coefficient (Wildman–Crippen LogP) is 4.46. The molecule has 3 rings (SSSR count). The SMILES string of the molecule is O=C(Nc1ccccc1Br)N1CCN(c2ccc(Cl)cc2)CC1. The zero-order chi connectivity index (χ0) is 16.2. The van der Waals surface area contributed by atoms with E-state index in [1.807, 2.05) is 53.4 Å². The summed E-state index contributed by atoms with van der Waals surface area (Å²) in [5, 5.41) is 3.68. The first-order valence-corrected chi connectivity index (χ1v) is 8.61. The van der Waals surface area contributed by atoms with Crippen molar-refractivity contribution in [2.24, 2.45) is 0 Å². The van der Waals surface area contributed by atoms with Gasteiger partial charge in [0.2, 0.25) is 0 Å². The van der Waals surface area contributed by atoms with Crippen molar-refractivity contribution >= 4 is 44.9 Å². The molecule has 1 N–H and O–H groups in total. The number of halogens is 2. The van der Waals surface area contributed by atoms with Gasteiger partial charge in [-0.1, -0.05) is 23.7 Å². The van der Waals surface area contributed by atoms with E-state index < -0.39 is 0 Å². The lowest BCUT2D eigenvalue weighted by atomic mass is 10.2. The number of carbonyl (C=O) groups excluding carboxylic acids is 1. The number of para-hydroxylation sites is 1. The fourth-order valence-electron chi connectivity index (χ4n) is 2.58. The van der Waals surface area contributed by atoms with Crippen molar-refractivity contribution < 1.29 is 4.79 Å². The van der Waals surface area contributed by atoms with Gasteiger partial charge in [0, 0.05) is 41.4 Å². The van der Waals surface area contributed by atoms with E-state index in [1.54, 1.807) is 0 Å². The number of piperazine rings is 1. The molecule has 2 aromatic rings. The summed E-state index contributed by atoms with van der Waals surface area (Å²) in [5.41, 5.74) is 1.93. The monoisotopic (exact) mass is 393 g/mol. The summed E-state index contributed by atoms with van der Waals surface area (Å²) in [5.74, 6) is 0. The van der Waals surface area contributed by atoms with E-state index in [0.29, 0.717) is 13.1 Å². The maximum atomic E-state index is 12.4. The maximum absolute atomic E-state index is 12.4. The molecular formula is C17H17BrClN3O. The number of amides is 2. The Morgan fingerprint density at radius 1 is 1.00 bits per heavy atom. The third-order valence-corrected chi connectivity index (χ3v) is 4.82. The summed E-state index contributed by atoms with van der Waals surface area (Å²) in [6, 6.07) is 15.4. The maximum Gasteiger partial charge on any atom is 0.321 e. The van der Waals surface area contributed by atoms with Gasteiger partial charge in [-0.2, -0.15) is 0 Å². The van der Waals surface area contributed by atoms with Crippen LogP contribution < -0.4 is 10.2 Å². The fraction of sp³-hybridized carbons (Fsp3) is 0.235. The number of carbonyl (C=O) groups is 1. The summed E-state index contributed by atoms with van der Waals surface area (Å²) in [6.45, 7) is 3.01. The van der Waals surface area contributed by atoms with Crippen LogP contribution in [0.3, 0.4) is 0 Å². The molecule has 2 amide bonds. The van der Waals surface area contributed by atoms with Crippen LogP contribution in [0.1, 0.15) is 0 Å². The van der Waals surface area contributed by atoms with E-state index >= 15 is 0 Å². The molecule has 1 heterocycles. The molecule has 120 valence electrons. The Morgan fingerprint density at radius 2 is 1.65 bits per heavy atom. The van der Waals surface area contributed by atoms with Crippen molar-refractivity contribution in [2.45, 2.75) is 0 Å². The molecule has 1 aliphatic rings. The second-order valence-corrected chi connectivity index (χ2v) is 6.65. The summed E-state index contributed by atoms with van der Waals surface area (Å²) in [7, 11) is 0. The molecule has 0 aromatic heterocycles. The zero-order valence-corrected chi connectivity index (χ0v) is 14.8. The van der Waals surface area contributed by atoms with Crippen LogP contribution >= 0.6 is 27.5 Å². The average Bonchev–Trinajstić information content (AvgIpc) is 2.58. The highest BCUT2D eigenvalue weighted by Crippen LogP contribution is 2.23. The van der Waals surface area contributed by atoms with Gasteiger partial charge in [0.25, 0.3) is 0 Å². The molecule has 0 bridgehead atoms. The lowest BCUT2D eigenvalue weighted by molar-refractivity contribution is 0.208. The van der Waals surface area contributed by atoms with Gasteiger partial charge in [0.05, 0.1) is 5.69 Å². The molecule has 4 nitrogen and oxygen atoms in total. The molecule has 1 saturated heterocycles. The predicted molar refractivity (Wildman–Crippen MR) is 98.4 cm³/mol. The minimum Gasteiger partial charge on any atom is -0.368 e. The smallest absolute Gasteiger partial charge is 0.321 e. The number of benzene rings is 2. The fourth-order valence-corrected chi connectivity index (χ4v) is 3.09. The highest BCUT2D eigenvalue weighted by Gasteiger charge is 2.21. The van der Waals surface area contributed by atoms with Crippen LogP contribution in [0.2, 0.25) is 5.02 Å². The molecule has 1 fully saturated rings. The van der Waals surface area contributed by atoms with E-state index in [2.05, 4.69) is 26.1 Å². The van der Waals surface area contributed by atoms with Crippen LogP contribution in [0.4, 0.5) is 16.2 Å². The molecule has 0 atom stereocenters. The van der Waals surface area contributed by atoms with Crippen LogP contribution in [0.15, 0.2) is 53.0 Å². The number of nitrogens with one attached hydrogen (secondary N) is 1. The van der Waals surface area contributed by atoms with Crippen LogP contribution in [-0.4, -0.2) is 37.1 Å². The van der Waals surface area contributed by atoms with Crippen LogP contribution in [0.5, 0.6) is 0 Å². The van der Waals surface area contributed by atoms with Crippen molar-refractivity contribution in [2.75, 3.05) is 36.4 Å². The average molecular weight is 395 g/mol. The molecule has 2 aromatic carbocycles. The normalized spacial score (nSPS) is 14.7. The number of rotatable bonds is 2. The number of hydrogen-bond donors (Lipinski definition) is 1. The Morgan fingerprint density at radius 3 is 2.30 bits per heavy atom. The van der Waals surface area contributed by atoms with E-state index in [4.69, 9.17) is 11.6 Å².